The molecule has 0 aromatic heterocycles. The standard InChI is InChI=1S/C16H24N2O3S/c19-16(18-15-9-5-2-6-10-15)13-17-22(20,21)12-11-14-7-3-1-4-8-14/h1,3-4,7-8,15,17H,2,5-6,9-13H2,(H,18,19). The maximum atomic E-state index is 11.9. The highest BCUT2D eigenvalue weighted by Gasteiger charge is 2.17. The van der Waals surface area contributed by atoms with E-state index >= 15 is 0 Å². The minimum absolute atomic E-state index is 0.00623. The van der Waals surface area contributed by atoms with Gasteiger partial charge in [0.1, 0.15) is 0 Å². The summed E-state index contributed by atoms with van der Waals surface area (Å²) in [4.78, 5) is 11.8. The fourth-order valence-corrected chi connectivity index (χ4v) is 3.67. The molecule has 2 rings (SSSR count). The molecule has 1 fully saturated rings. The molecule has 0 radical (unpaired) electrons. The summed E-state index contributed by atoms with van der Waals surface area (Å²) in [6.45, 7) is -0.173. The molecule has 0 bridgehead atoms. The van der Waals surface area contributed by atoms with E-state index in [1.54, 1.807) is 0 Å². The van der Waals surface area contributed by atoms with Gasteiger partial charge < -0.3 is 5.32 Å². The molecular weight excluding hydrogens is 300 g/mol. The van der Waals surface area contributed by atoms with Gasteiger partial charge in [-0.05, 0) is 24.8 Å². The van der Waals surface area contributed by atoms with E-state index in [4.69, 9.17) is 0 Å². The number of amides is 1. The summed E-state index contributed by atoms with van der Waals surface area (Å²) in [5.41, 5.74) is 0.972. The number of carbonyl (C=O) groups is 1. The number of hydrogen-bond donors (Lipinski definition) is 2. The minimum Gasteiger partial charge on any atom is -0.352 e. The van der Waals surface area contributed by atoms with Crippen LogP contribution in [0.4, 0.5) is 0 Å². The minimum atomic E-state index is -3.43. The molecule has 1 amide bonds. The Labute approximate surface area is 132 Å². The van der Waals surface area contributed by atoms with E-state index in [1.165, 1.54) is 6.42 Å². The van der Waals surface area contributed by atoms with Gasteiger partial charge in [0.2, 0.25) is 15.9 Å². The van der Waals surface area contributed by atoms with E-state index in [0.717, 1.165) is 31.2 Å². The van der Waals surface area contributed by atoms with Crippen molar-refractivity contribution < 1.29 is 13.2 Å². The van der Waals surface area contributed by atoms with Crippen molar-refractivity contribution in [1.82, 2.24) is 10.0 Å². The molecule has 0 heterocycles. The van der Waals surface area contributed by atoms with Crippen LogP contribution in [0.2, 0.25) is 0 Å². The van der Waals surface area contributed by atoms with Crippen LogP contribution >= 0.6 is 0 Å². The molecular formula is C16H24N2O3S. The lowest BCUT2D eigenvalue weighted by atomic mass is 9.95. The molecule has 22 heavy (non-hydrogen) atoms. The molecule has 122 valence electrons. The monoisotopic (exact) mass is 324 g/mol. The first kappa shape index (κ1) is 17.0. The second-order valence-electron chi connectivity index (χ2n) is 5.78. The van der Waals surface area contributed by atoms with Crippen LogP contribution in [-0.2, 0) is 21.2 Å². The van der Waals surface area contributed by atoms with Gasteiger partial charge in [0, 0.05) is 6.04 Å². The second-order valence-corrected chi connectivity index (χ2v) is 7.70. The molecule has 1 aliphatic rings. The van der Waals surface area contributed by atoms with E-state index < -0.39 is 10.0 Å². The molecule has 0 unspecified atom stereocenters. The topological polar surface area (TPSA) is 75.3 Å². The van der Waals surface area contributed by atoms with Gasteiger partial charge in [-0.2, -0.15) is 0 Å². The molecule has 0 atom stereocenters. The zero-order chi connectivity index (χ0) is 15.8. The Morgan fingerprint density at radius 1 is 1.09 bits per heavy atom. The quantitative estimate of drug-likeness (QED) is 0.800. The van der Waals surface area contributed by atoms with Crippen LogP contribution in [0.5, 0.6) is 0 Å². The number of sulfonamides is 1. The second kappa shape index (κ2) is 8.29. The Kier molecular flexibility index (Phi) is 6.39. The van der Waals surface area contributed by atoms with Crippen molar-refractivity contribution in [3.8, 4) is 0 Å². The van der Waals surface area contributed by atoms with Crippen molar-refractivity contribution in [1.29, 1.82) is 0 Å². The van der Waals surface area contributed by atoms with Gasteiger partial charge in [0.05, 0.1) is 12.3 Å². The fourth-order valence-electron chi connectivity index (χ4n) is 2.67. The van der Waals surface area contributed by atoms with E-state index in [-0.39, 0.29) is 24.2 Å². The lowest BCUT2D eigenvalue weighted by molar-refractivity contribution is -0.120. The third-order valence-corrected chi connectivity index (χ3v) is 5.25. The molecule has 6 heteroatoms. The first-order valence-corrected chi connectivity index (χ1v) is 9.51. The van der Waals surface area contributed by atoms with Gasteiger partial charge in [0.15, 0.2) is 0 Å². The SMILES string of the molecule is O=C(CNS(=O)(=O)CCc1ccccc1)NC1CCCCC1. The van der Waals surface area contributed by atoms with Gasteiger partial charge in [-0.3, -0.25) is 4.79 Å². The Balaban J connectivity index is 1.71. The Bertz CT molecular complexity index is 566. The largest absolute Gasteiger partial charge is 0.352 e. The fraction of sp³-hybridized carbons (Fsp3) is 0.562. The number of carbonyl (C=O) groups excluding carboxylic acids is 1. The third-order valence-electron chi connectivity index (χ3n) is 3.93. The van der Waals surface area contributed by atoms with Crippen LogP contribution in [-0.4, -0.2) is 32.7 Å². The summed E-state index contributed by atoms with van der Waals surface area (Å²) >= 11 is 0. The van der Waals surface area contributed by atoms with Gasteiger partial charge in [0.25, 0.3) is 0 Å². The smallest absolute Gasteiger partial charge is 0.235 e. The molecule has 1 saturated carbocycles. The van der Waals surface area contributed by atoms with Crippen LogP contribution in [0.1, 0.15) is 37.7 Å². The number of rotatable bonds is 7. The van der Waals surface area contributed by atoms with Gasteiger partial charge in [-0.1, -0.05) is 49.6 Å². The molecule has 0 aliphatic heterocycles. The van der Waals surface area contributed by atoms with Crippen molar-refractivity contribution in [3.05, 3.63) is 35.9 Å². The summed E-state index contributed by atoms with van der Waals surface area (Å²) in [6, 6.07) is 9.65. The van der Waals surface area contributed by atoms with Crippen molar-refractivity contribution in [2.24, 2.45) is 0 Å². The molecule has 1 aromatic rings. The van der Waals surface area contributed by atoms with Crippen molar-refractivity contribution in [2.45, 2.75) is 44.6 Å². The highest BCUT2D eigenvalue weighted by atomic mass is 32.2. The maximum Gasteiger partial charge on any atom is 0.235 e. The lowest BCUT2D eigenvalue weighted by Crippen LogP contribution is -2.43. The molecule has 2 N–H and O–H groups in total. The summed E-state index contributed by atoms with van der Waals surface area (Å²) in [5, 5.41) is 2.90. The maximum absolute atomic E-state index is 11.9. The predicted octanol–water partition coefficient (Wildman–Crippen LogP) is 1.60. The Hall–Kier alpha value is -1.40. The van der Waals surface area contributed by atoms with Crippen LogP contribution in [0, 0.1) is 0 Å². The molecule has 1 aliphatic carbocycles. The highest BCUT2D eigenvalue weighted by Crippen LogP contribution is 2.17. The summed E-state index contributed by atoms with van der Waals surface area (Å²) < 4.78 is 26.2. The van der Waals surface area contributed by atoms with Gasteiger partial charge >= 0.3 is 0 Å². The van der Waals surface area contributed by atoms with Gasteiger partial charge in [-0.25, -0.2) is 13.1 Å². The summed E-state index contributed by atoms with van der Waals surface area (Å²) in [5.74, 6) is -0.247. The Morgan fingerprint density at radius 3 is 2.45 bits per heavy atom. The van der Waals surface area contributed by atoms with E-state index in [1.807, 2.05) is 30.3 Å². The zero-order valence-corrected chi connectivity index (χ0v) is 13.6. The first-order valence-electron chi connectivity index (χ1n) is 7.86. The normalized spacial score (nSPS) is 16.4. The van der Waals surface area contributed by atoms with E-state index in [9.17, 15) is 13.2 Å². The average Bonchev–Trinajstić information content (AvgIpc) is 2.53. The molecule has 0 saturated heterocycles. The van der Waals surface area contributed by atoms with E-state index in [0.29, 0.717) is 6.42 Å². The number of aryl methyl sites for hydroxylation is 1. The predicted molar refractivity (Wildman–Crippen MR) is 87.0 cm³/mol. The number of benzene rings is 1. The zero-order valence-electron chi connectivity index (χ0n) is 12.8. The van der Waals surface area contributed by atoms with Crippen LogP contribution < -0.4 is 10.0 Å². The Morgan fingerprint density at radius 2 is 1.77 bits per heavy atom. The van der Waals surface area contributed by atoms with Crippen LogP contribution in [0.25, 0.3) is 0 Å². The number of hydrogen-bond acceptors (Lipinski definition) is 3. The molecule has 1 aromatic carbocycles. The molecule has 0 spiro atoms. The average molecular weight is 324 g/mol. The van der Waals surface area contributed by atoms with Gasteiger partial charge in [-0.15, -0.1) is 0 Å². The van der Waals surface area contributed by atoms with Crippen molar-refractivity contribution in [3.63, 3.8) is 0 Å². The lowest BCUT2D eigenvalue weighted by Gasteiger charge is -2.22. The molecule has 5 nitrogen and oxygen atoms in total. The van der Waals surface area contributed by atoms with E-state index in [2.05, 4.69) is 10.0 Å². The number of nitrogens with one attached hydrogen (secondary N) is 2. The first-order chi connectivity index (χ1) is 10.6. The summed E-state index contributed by atoms with van der Waals surface area (Å²) in [6.07, 6.45) is 5.92. The van der Waals surface area contributed by atoms with Crippen molar-refractivity contribution >= 4 is 15.9 Å². The van der Waals surface area contributed by atoms with Crippen LogP contribution in [0.3, 0.4) is 0 Å². The third kappa shape index (κ3) is 6.15. The van der Waals surface area contributed by atoms with Crippen LogP contribution in [0.15, 0.2) is 30.3 Å². The van der Waals surface area contributed by atoms with Crippen molar-refractivity contribution in [2.75, 3.05) is 12.3 Å². The summed E-state index contributed by atoms with van der Waals surface area (Å²) in [7, 11) is -3.43. The highest BCUT2D eigenvalue weighted by molar-refractivity contribution is 7.89.